The molecule has 3 aromatic rings. The summed E-state index contributed by atoms with van der Waals surface area (Å²) in [6, 6.07) is 14.2. The molecule has 1 unspecified atom stereocenters. The quantitative estimate of drug-likeness (QED) is 0.306. The standard InChI is InChI=1S/C23H16BrClN2O4/c1-31-18-7-4-15(25)12-17(18)21(28)19-20(13-8-10-26-11-9-13)27(23(30)22(19)29)16-5-2-14(24)3-6-16/h2-12,20,28H,1H3/b21-19+. The molecule has 2 heterocycles. The lowest BCUT2D eigenvalue weighted by atomic mass is 9.95. The van der Waals surface area contributed by atoms with Crippen LogP contribution in [0.5, 0.6) is 5.75 Å². The van der Waals surface area contributed by atoms with E-state index in [2.05, 4.69) is 20.9 Å². The second-order valence-corrected chi connectivity index (χ2v) is 8.12. The molecule has 1 aliphatic rings. The summed E-state index contributed by atoms with van der Waals surface area (Å²) in [4.78, 5) is 31.6. The fourth-order valence-electron chi connectivity index (χ4n) is 3.57. The van der Waals surface area contributed by atoms with Gasteiger partial charge >= 0.3 is 0 Å². The number of benzene rings is 2. The molecule has 1 N–H and O–H groups in total. The van der Waals surface area contributed by atoms with Gasteiger partial charge in [0.05, 0.1) is 24.3 Å². The molecule has 4 rings (SSSR count). The van der Waals surface area contributed by atoms with Gasteiger partial charge in [-0.15, -0.1) is 0 Å². The van der Waals surface area contributed by atoms with Gasteiger partial charge in [-0.25, -0.2) is 0 Å². The van der Waals surface area contributed by atoms with Gasteiger partial charge in [0.25, 0.3) is 11.7 Å². The average molecular weight is 500 g/mol. The number of ketones is 1. The largest absolute Gasteiger partial charge is 0.507 e. The van der Waals surface area contributed by atoms with Crippen LogP contribution in [0.15, 0.2) is 77.0 Å². The molecule has 1 fully saturated rings. The van der Waals surface area contributed by atoms with Crippen LogP contribution in [0, 0.1) is 0 Å². The number of hydrogen-bond acceptors (Lipinski definition) is 5. The van der Waals surface area contributed by atoms with Crippen LogP contribution in [-0.4, -0.2) is 28.9 Å². The summed E-state index contributed by atoms with van der Waals surface area (Å²) >= 11 is 9.49. The van der Waals surface area contributed by atoms with E-state index in [-0.39, 0.29) is 16.9 Å². The smallest absolute Gasteiger partial charge is 0.300 e. The third kappa shape index (κ3) is 3.82. The number of methoxy groups -OCH3 is 1. The van der Waals surface area contributed by atoms with E-state index >= 15 is 0 Å². The lowest BCUT2D eigenvalue weighted by Crippen LogP contribution is -2.29. The van der Waals surface area contributed by atoms with E-state index in [9.17, 15) is 14.7 Å². The average Bonchev–Trinajstić information content (AvgIpc) is 3.05. The molecule has 156 valence electrons. The molecule has 1 aliphatic heterocycles. The number of Topliss-reactive ketones (excluding diaryl/α,β-unsaturated/α-hetero) is 1. The lowest BCUT2D eigenvalue weighted by Gasteiger charge is -2.25. The molecule has 1 saturated heterocycles. The molecule has 0 aliphatic carbocycles. The van der Waals surface area contributed by atoms with Gasteiger partial charge in [-0.2, -0.15) is 0 Å². The molecule has 1 aromatic heterocycles. The number of carbonyl (C=O) groups excluding carboxylic acids is 2. The second-order valence-electron chi connectivity index (χ2n) is 6.77. The van der Waals surface area contributed by atoms with Crippen LogP contribution in [0.4, 0.5) is 5.69 Å². The molecular formula is C23H16BrClN2O4. The highest BCUT2D eigenvalue weighted by Crippen LogP contribution is 2.43. The number of halogens is 2. The number of aliphatic hydroxyl groups excluding tert-OH is 1. The van der Waals surface area contributed by atoms with E-state index in [1.165, 1.54) is 18.1 Å². The van der Waals surface area contributed by atoms with Crippen LogP contribution in [0.3, 0.4) is 0 Å². The number of aliphatic hydroxyl groups is 1. The summed E-state index contributed by atoms with van der Waals surface area (Å²) in [6.45, 7) is 0. The molecule has 0 bridgehead atoms. The Morgan fingerprint density at radius 2 is 1.77 bits per heavy atom. The Hall–Kier alpha value is -3.16. The number of pyridine rings is 1. The maximum Gasteiger partial charge on any atom is 0.300 e. The third-order valence-electron chi connectivity index (χ3n) is 4.99. The van der Waals surface area contributed by atoms with Crippen LogP contribution in [0.25, 0.3) is 5.76 Å². The van der Waals surface area contributed by atoms with E-state index in [0.29, 0.717) is 22.0 Å². The fraction of sp³-hybridized carbons (Fsp3) is 0.0870. The number of ether oxygens (including phenoxy) is 1. The summed E-state index contributed by atoms with van der Waals surface area (Å²) < 4.78 is 6.16. The molecule has 0 spiro atoms. The zero-order valence-corrected chi connectivity index (χ0v) is 18.6. The van der Waals surface area contributed by atoms with Crippen molar-refractivity contribution in [2.45, 2.75) is 6.04 Å². The molecule has 6 nitrogen and oxygen atoms in total. The van der Waals surface area contributed by atoms with Gasteiger partial charge in [-0.1, -0.05) is 27.5 Å². The maximum absolute atomic E-state index is 13.1. The monoisotopic (exact) mass is 498 g/mol. The Bertz CT molecular complexity index is 1200. The van der Waals surface area contributed by atoms with E-state index in [1.54, 1.807) is 60.9 Å². The Morgan fingerprint density at radius 1 is 1.10 bits per heavy atom. The Kier molecular flexibility index (Phi) is 5.80. The van der Waals surface area contributed by atoms with Gasteiger partial charge in [-0.05, 0) is 60.2 Å². The van der Waals surface area contributed by atoms with Gasteiger partial charge in [0.2, 0.25) is 0 Å². The predicted octanol–water partition coefficient (Wildman–Crippen LogP) is 5.13. The van der Waals surface area contributed by atoms with Crippen LogP contribution < -0.4 is 9.64 Å². The summed E-state index contributed by atoms with van der Waals surface area (Å²) in [5, 5.41) is 11.6. The summed E-state index contributed by atoms with van der Waals surface area (Å²) in [5.41, 5.74) is 1.31. The Morgan fingerprint density at radius 3 is 2.42 bits per heavy atom. The van der Waals surface area contributed by atoms with Gasteiger partial charge in [-0.3, -0.25) is 19.5 Å². The first-order valence-electron chi connectivity index (χ1n) is 9.22. The lowest BCUT2D eigenvalue weighted by molar-refractivity contribution is -0.132. The van der Waals surface area contributed by atoms with Crippen LogP contribution in [0.1, 0.15) is 17.2 Å². The molecule has 2 aromatic carbocycles. The SMILES string of the molecule is COc1ccc(Cl)cc1/C(O)=C1\C(=O)C(=O)N(c2ccc(Br)cc2)C1c1ccncc1. The normalized spacial score (nSPS) is 17.8. The first kappa shape index (κ1) is 21.1. The van der Waals surface area contributed by atoms with Crippen molar-refractivity contribution in [1.82, 2.24) is 4.98 Å². The molecule has 0 radical (unpaired) electrons. The van der Waals surface area contributed by atoms with Gasteiger partial charge in [0, 0.05) is 27.6 Å². The third-order valence-corrected chi connectivity index (χ3v) is 5.75. The first-order chi connectivity index (χ1) is 14.9. The van der Waals surface area contributed by atoms with E-state index in [4.69, 9.17) is 16.3 Å². The van der Waals surface area contributed by atoms with Crippen molar-refractivity contribution in [3.63, 3.8) is 0 Å². The Labute approximate surface area is 191 Å². The highest BCUT2D eigenvalue weighted by atomic mass is 79.9. The molecule has 1 atom stereocenters. The van der Waals surface area contributed by atoms with Crippen molar-refractivity contribution in [2.24, 2.45) is 0 Å². The highest BCUT2D eigenvalue weighted by molar-refractivity contribution is 9.10. The first-order valence-corrected chi connectivity index (χ1v) is 10.4. The van der Waals surface area contributed by atoms with E-state index < -0.39 is 17.7 Å². The topological polar surface area (TPSA) is 79.7 Å². The number of carbonyl (C=O) groups is 2. The summed E-state index contributed by atoms with van der Waals surface area (Å²) in [5.74, 6) is -1.58. The predicted molar refractivity (Wildman–Crippen MR) is 121 cm³/mol. The summed E-state index contributed by atoms with van der Waals surface area (Å²) in [7, 11) is 1.45. The van der Waals surface area contributed by atoms with Crippen molar-refractivity contribution in [1.29, 1.82) is 0 Å². The summed E-state index contributed by atoms with van der Waals surface area (Å²) in [6.07, 6.45) is 3.13. The van der Waals surface area contributed by atoms with Crippen molar-refractivity contribution >= 4 is 50.7 Å². The Balaban J connectivity index is 1.97. The van der Waals surface area contributed by atoms with Crippen molar-refractivity contribution in [2.75, 3.05) is 12.0 Å². The minimum Gasteiger partial charge on any atom is -0.507 e. The molecule has 8 heteroatoms. The highest BCUT2D eigenvalue weighted by Gasteiger charge is 2.47. The maximum atomic E-state index is 13.1. The zero-order chi connectivity index (χ0) is 22.1. The molecule has 0 saturated carbocycles. The van der Waals surface area contributed by atoms with Gasteiger partial charge in [0.15, 0.2) is 0 Å². The van der Waals surface area contributed by atoms with Crippen LogP contribution in [0.2, 0.25) is 5.02 Å². The second kappa shape index (κ2) is 8.53. The number of aromatic nitrogens is 1. The number of anilines is 1. The van der Waals surface area contributed by atoms with Crippen molar-refractivity contribution in [3.05, 3.63) is 93.2 Å². The zero-order valence-electron chi connectivity index (χ0n) is 16.3. The molecule has 31 heavy (non-hydrogen) atoms. The number of nitrogens with zero attached hydrogens (tertiary/aromatic N) is 2. The number of hydrogen-bond donors (Lipinski definition) is 1. The molecular weight excluding hydrogens is 484 g/mol. The number of amides is 1. The van der Waals surface area contributed by atoms with E-state index in [1.807, 2.05) is 0 Å². The van der Waals surface area contributed by atoms with E-state index in [0.717, 1.165) is 4.47 Å². The minimum atomic E-state index is -0.854. The fourth-order valence-corrected chi connectivity index (χ4v) is 4.01. The number of rotatable bonds is 4. The van der Waals surface area contributed by atoms with Crippen LogP contribution in [-0.2, 0) is 9.59 Å². The minimum absolute atomic E-state index is 0.0558. The molecule has 1 amide bonds. The van der Waals surface area contributed by atoms with Crippen molar-refractivity contribution < 1.29 is 19.4 Å². The van der Waals surface area contributed by atoms with Gasteiger partial charge in [0.1, 0.15) is 11.5 Å². The van der Waals surface area contributed by atoms with Crippen LogP contribution >= 0.6 is 27.5 Å². The van der Waals surface area contributed by atoms with Gasteiger partial charge < -0.3 is 9.84 Å². The van der Waals surface area contributed by atoms with Crippen molar-refractivity contribution in [3.8, 4) is 5.75 Å².